The summed E-state index contributed by atoms with van der Waals surface area (Å²) in [5.41, 5.74) is 6.76. The van der Waals surface area contributed by atoms with E-state index in [4.69, 9.17) is 20.6 Å². The predicted molar refractivity (Wildman–Crippen MR) is 133 cm³/mol. The van der Waals surface area contributed by atoms with Gasteiger partial charge in [-0.25, -0.2) is 4.79 Å². The van der Waals surface area contributed by atoms with Crippen LogP contribution in [0.25, 0.3) is 0 Å². The molecule has 1 unspecified atom stereocenters. The number of aromatic nitrogens is 2. The fourth-order valence-corrected chi connectivity index (χ4v) is 3.87. The number of nitrogens with zero attached hydrogens (tertiary/aromatic N) is 3. The molecule has 1 fully saturated rings. The molecule has 0 spiro atoms. The number of carboxylic acid groups (broad SMARTS) is 1. The first-order chi connectivity index (χ1) is 17.9. The smallest absolute Gasteiger partial charge is 0.475 e. The number of alkyl halides is 3. The summed E-state index contributed by atoms with van der Waals surface area (Å²) >= 11 is 0. The summed E-state index contributed by atoms with van der Waals surface area (Å²) < 4.78 is 33.6. The molecule has 0 radical (unpaired) electrons. The number of hydrogen-bond donors (Lipinski definition) is 6. The first kappa shape index (κ1) is 28.1. The van der Waals surface area contributed by atoms with E-state index in [0.717, 1.165) is 26.2 Å². The van der Waals surface area contributed by atoms with E-state index < -0.39 is 23.8 Å². The van der Waals surface area contributed by atoms with Crippen molar-refractivity contribution in [3.63, 3.8) is 0 Å². The Balaban J connectivity index is 0.000000505. The number of anilines is 3. The lowest BCUT2D eigenvalue weighted by atomic mass is 10.1. The van der Waals surface area contributed by atoms with Gasteiger partial charge in [0.25, 0.3) is 11.8 Å². The van der Waals surface area contributed by atoms with Crippen LogP contribution in [0.4, 0.5) is 30.6 Å². The van der Waals surface area contributed by atoms with Crippen LogP contribution in [0.3, 0.4) is 0 Å². The molecule has 0 aliphatic carbocycles. The Labute approximate surface area is 215 Å². The van der Waals surface area contributed by atoms with Crippen molar-refractivity contribution in [3.05, 3.63) is 35.5 Å². The largest absolute Gasteiger partial charge is 0.490 e. The standard InChI is InChI=1S/C21H26N8O2.C2HF3O2/c1-3-4-11-29-16-18(24-20(29)28-12-9-23-10-13-28)26-21(2,27-19(16)31)25-15-8-6-5-7-14(15)17(22)30;3-2(4,5)1(6)7/h5-8,23,25-26H,9-13H2,1-2H3,(H2,22,30)(H,27,31);(H,6,7). The molecule has 1 atom stereocenters. The zero-order valence-electron chi connectivity index (χ0n) is 20.6. The van der Waals surface area contributed by atoms with Crippen molar-refractivity contribution in [2.75, 3.05) is 41.7 Å². The number of hydrogen-bond acceptors (Lipinski definition) is 8. The molecule has 2 aliphatic heterocycles. The van der Waals surface area contributed by atoms with E-state index in [1.165, 1.54) is 0 Å². The minimum atomic E-state index is -5.08. The number of halogens is 3. The van der Waals surface area contributed by atoms with Crippen molar-refractivity contribution in [2.45, 2.75) is 32.4 Å². The zero-order valence-corrected chi connectivity index (χ0v) is 20.6. The van der Waals surface area contributed by atoms with Gasteiger partial charge < -0.3 is 37.0 Å². The molecule has 2 aliphatic rings. The van der Waals surface area contributed by atoms with Gasteiger partial charge in [0.1, 0.15) is 0 Å². The Kier molecular flexibility index (Phi) is 8.36. The van der Waals surface area contributed by atoms with Crippen LogP contribution in [-0.4, -0.2) is 70.6 Å². The molecule has 1 aromatic carbocycles. The second-order valence-corrected chi connectivity index (χ2v) is 8.40. The van der Waals surface area contributed by atoms with Gasteiger partial charge in [-0.15, -0.1) is 5.92 Å². The number of carboxylic acids is 1. The summed E-state index contributed by atoms with van der Waals surface area (Å²) in [6.45, 7) is 7.17. The molecule has 2 aromatic rings. The zero-order chi connectivity index (χ0) is 28.1. The van der Waals surface area contributed by atoms with Crippen molar-refractivity contribution in [1.82, 2.24) is 20.2 Å². The second kappa shape index (κ2) is 11.3. The Morgan fingerprint density at radius 2 is 1.87 bits per heavy atom. The van der Waals surface area contributed by atoms with Gasteiger partial charge in [0.05, 0.1) is 17.8 Å². The maximum absolute atomic E-state index is 13.2. The Hall–Kier alpha value is -4.45. The van der Waals surface area contributed by atoms with Gasteiger partial charge in [-0.05, 0) is 26.0 Å². The topological polar surface area (TPSA) is 167 Å². The van der Waals surface area contributed by atoms with Gasteiger partial charge in [0, 0.05) is 26.2 Å². The molecule has 15 heteroatoms. The van der Waals surface area contributed by atoms with E-state index in [1.54, 1.807) is 38.1 Å². The number of imidazole rings is 1. The third kappa shape index (κ3) is 6.45. The molecule has 38 heavy (non-hydrogen) atoms. The van der Waals surface area contributed by atoms with Crippen LogP contribution in [0.2, 0.25) is 0 Å². The summed E-state index contributed by atoms with van der Waals surface area (Å²) in [5.74, 6) is 2.41. The van der Waals surface area contributed by atoms with Gasteiger partial charge in [-0.2, -0.15) is 18.2 Å². The third-order valence-electron chi connectivity index (χ3n) is 5.53. The molecule has 12 nitrogen and oxygen atoms in total. The summed E-state index contributed by atoms with van der Waals surface area (Å²) in [5, 5.41) is 19.9. The Morgan fingerprint density at radius 3 is 2.45 bits per heavy atom. The van der Waals surface area contributed by atoms with Crippen molar-refractivity contribution in [1.29, 1.82) is 0 Å². The monoisotopic (exact) mass is 536 g/mol. The first-order valence-corrected chi connectivity index (χ1v) is 11.4. The van der Waals surface area contributed by atoms with E-state index >= 15 is 0 Å². The number of aliphatic carboxylic acids is 1. The third-order valence-corrected chi connectivity index (χ3v) is 5.53. The van der Waals surface area contributed by atoms with Crippen LogP contribution in [0.5, 0.6) is 0 Å². The minimum Gasteiger partial charge on any atom is -0.475 e. The van der Waals surface area contributed by atoms with E-state index in [2.05, 4.69) is 38.0 Å². The summed E-state index contributed by atoms with van der Waals surface area (Å²) in [4.78, 5) is 40.8. The molecular weight excluding hydrogens is 509 g/mol. The second-order valence-electron chi connectivity index (χ2n) is 8.40. The van der Waals surface area contributed by atoms with Gasteiger partial charge in [-0.3, -0.25) is 14.2 Å². The molecule has 1 saturated heterocycles. The highest BCUT2D eigenvalue weighted by atomic mass is 19.4. The lowest BCUT2D eigenvalue weighted by molar-refractivity contribution is -0.192. The molecule has 0 bridgehead atoms. The highest BCUT2D eigenvalue weighted by molar-refractivity contribution is 6.02. The SMILES string of the molecule is CC#CCn1c(N2CCNCC2)nc2c1C(=O)NC(C)(Nc1ccccc1C(N)=O)N2.O=C(O)C(F)(F)F. The van der Waals surface area contributed by atoms with Crippen molar-refractivity contribution in [3.8, 4) is 11.8 Å². The molecular formula is C23H27F3N8O4. The van der Waals surface area contributed by atoms with Crippen molar-refractivity contribution in [2.24, 2.45) is 5.73 Å². The van der Waals surface area contributed by atoms with Crippen LogP contribution in [-0.2, 0) is 11.3 Å². The van der Waals surface area contributed by atoms with E-state index in [1.807, 2.05) is 4.57 Å². The van der Waals surface area contributed by atoms with E-state index in [-0.39, 0.29) is 5.91 Å². The normalized spacial score (nSPS) is 18.4. The molecule has 3 heterocycles. The van der Waals surface area contributed by atoms with Crippen LogP contribution < -0.4 is 31.9 Å². The number of nitrogens with two attached hydrogens (primary N) is 1. The number of carbonyl (C=O) groups excluding carboxylic acids is 2. The number of primary amides is 1. The van der Waals surface area contributed by atoms with Gasteiger partial charge in [-0.1, -0.05) is 18.1 Å². The van der Waals surface area contributed by atoms with Crippen molar-refractivity contribution < 1.29 is 32.7 Å². The van der Waals surface area contributed by atoms with E-state index in [9.17, 15) is 22.8 Å². The van der Waals surface area contributed by atoms with Crippen LogP contribution in [0, 0.1) is 11.8 Å². The van der Waals surface area contributed by atoms with Gasteiger partial charge in [0.2, 0.25) is 5.95 Å². The number of para-hydroxylation sites is 1. The number of carbonyl (C=O) groups is 3. The predicted octanol–water partition coefficient (Wildman–Crippen LogP) is 0.989. The fraction of sp³-hybridized carbons (Fsp3) is 0.391. The fourth-order valence-electron chi connectivity index (χ4n) is 3.87. The number of nitrogens with one attached hydrogen (secondary N) is 4. The lowest BCUT2D eigenvalue weighted by Gasteiger charge is -2.37. The average molecular weight is 537 g/mol. The van der Waals surface area contributed by atoms with E-state index in [0.29, 0.717) is 35.3 Å². The first-order valence-electron chi connectivity index (χ1n) is 11.4. The molecule has 1 aromatic heterocycles. The molecule has 204 valence electrons. The summed E-state index contributed by atoms with van der Waals surface area (Å²) in [6.07, 6.45) is -5.08. The van der Waals surface area contributed by atoms with Gasteiger partial charge in [0.15, 0.2) is 17.3 Å². The molecule has 4 rings (SSSR count). The molecule has 2 amide bonds. The molecule has 0 saturated carbocycles. The van der Waals surface area contributed by atoms with Crippen molar-refractivity contribution >= 4 is 35.2 Å². The maximum Gasteiger partial charge on any atom is 0.490 e. The van der Waals surface area contributed by atoms with Crippen LogP contribution >= 0.6 is 0 Å². The molecule has 7 N–H and O–H groups in total. The minimum absolute atomic E-state index is 0.285. The Morgan fingerprint density at radius 1 is 1.24 bits per heavy atom. The summed E-state index contributed by atoms with van der Waals surface area (Å²) in [6, 6.07) is 6.88. The van der Waals surface area contributed by atoms with Crippen LogP contribution in [0.15, 0.2) is 24.3 Å². The van der Waals surface area contributed by atoms with Crippen LogP contribution in [0.1, 0.15) is 34.7 Å². The average Bonchev–Trinajstić information content (AvgIpc) is 3.21. The number of benzene rings is 1. The summed E-state index contributed by atoms with van der Waals surface area (Å²) in [7, 11) is 0. The number of piperazine rings is 1. The Bertz CT molecular complexity index is 1280. The highest BCUT2D eigenvalue weighted by Gasteiger charge is 2.39. The number of rotatable bonds is 5. The quantitative estimate of drug-likeness (QED) is 0.306. The highest BCUT2D eigenvalue weighted by Crippen LogP contribution is 2.30. The lowest BCUT2D eigenvalue weighted by Crippen LogP contribution is -2.61. The van der Waals surface area contributed by atoms with Gasteiger partial charge >= 0.3 is 12.1 Å². The number of amides is 2. The maximum atomic E-state index is 13.2. The number of fused-ring (bicyclic) bond motifs is 1.